The van der Waals surface area contributed by atoms with Gasteiger partial charge in [0.2, 0.25) is 0 Å². The van der Waals surface area contributed by atoms with Gasteiger partial charge in [0.25, 0.3) is 5.91 Å². The van der Waals surface area contributed by atoms with Crippen LogP contribution in [-0.2, 0) is 6.42 Å². The molecular weight excluding hydrogens is 302 g/mol. The summed E-state index contributed by atoms with van der Waals surface area (Å²) in [6.45, 7) is 5.69. The van der Waals surface area contributed by atoms with Crippen molar-refractivity contribution in [3.63, 3.8) is 0 Å². The van der Waals surface area contributed by atoms with E-state index in [0.29, 0.717) is 12.0 Å². The second-order valence-corrected chi connectivity index (χ2v) is 5.49. The van der Waals surface area contributed by atoms with Crippen LogP contribution in [0.3, 0.4) is 0 Å². The molecule has 0 aliphatic carbocycles. The molecule has 2 aromatic rings. The van der Waals surface area contributed by atoms with Crippen molar-refractivity contribution in [1.82, 2.24) is 5.32 Å². The molecular formula is C20H23NO3. The molecule has 0 aromatic heterocycles. The molecule has 24 heavy (non-hydrogen) atoms. The monoisotopic (exact) mass is 325 g/mol. The zero-order valence-corrected chi connectivity index (χ0v) is 14.3. The fourth-order valence-corrected chi connectivity index (χ4v) is 2.49. The van der Waals surface area contributed by atoms with E-state index in [-0.39, 0.29) is 11.9 Å². The number of allylic oxidation sites excluding steroid dienone is 1. The summed E-state index contributed by atoms with van der Waals surface area (Å²) < 4.78 is 10.5. The van der Waals surface area contributed by atoms with Crippen LogP contribution in [0, 0.1) is 0 Å². The zero-order valence-electron chi connectivity index (χ0n) is 14.3. The SMILES string of the molecule is C=CCc1cc(C(=O)N[C@@H](C)c2ccc(OC)cc2)ccc1OC. The standard InChI is InChI=1S/C20H23NO3/c1-5-6-16-13-17(9-12-19(16)24-4)20(22)21-14(2)15-7-10-18(23-3)11-8-15/h5,7-14H,1,6H2,2-4H3,(H,21,22)/t14-/m0/s1. The minimum atomic E-state index is -0.119. The van der Waals surface area contributed by atoms with Crippen molar-refractivity contribution in [2.24, 2.45) is 0 Å². The van der Waals surface area contributed by atoms with Crippen molar-refractivity contribution < 1.29 is 14.3 Å². The van der Waals surface area contributed by atoms with E-state index in [1.807, 2.05) is 43.3 Å². The summed E-state index contributed by atoms with van der Waals surface area (Å²) in [4.78, 5) is 12.5. The van der Waals surface area contributed by atoms with Gasteiger partial charge in [0.1, 0.15) is 11.5 Å². The molecule has 2 rings (SSSR count). The zero-order chi connectivity index (χ0) is 17.5. The molecule has 0 radical (unpaired) electrons. The first-order valence-corrected chi connectivity index (χ1v) is 7.81. The Morgan fingerprint density at radius 3 is 2.46 bits per heavy atom. The molecule has 0 aliphatic heterocycles. The van der Waals surface area contributed by atoms with Crippen LogP contribution in [0.1, 0.15) is 34.5 Å². The van der Waals surface area contributed by atoms with Crippen molar-refractivity contribution in [3.8, 4) is 11.5 Å². The summed E-state index contributed by atoms with van der Waals surface area (Å²) in [6, 6.07) is 13.0. The highest BCUT2D eigenvalue weighted by Gasteiger charge is 2.13. The van der Waals surface area contributed by atoms with Crippen LogP contribution >= 0.6 is 0 Å². The smallest absolute Gasteiger partial charge is 0.251 e. The molecule has 4 nitrogen and oxygen atoms in total. The molecule has 0 bridgehead atoms. The largest absolute Gasteiger partial charge is 0.497 e. The van der Waals surface area contributed by atoms with Crippen LogP contribution in [0.5, 0.6) is 11.5 Å². The highest BCUT2D eigenvalue weighted by atomic mass is 16.5. The Labute approximate surface area is 143 Å². The molecule has 0 unspecified atom stereocenters. The van der Waals surface area contributed by atoms with E-state index < -0.39 is 0 Å². The third-order valence-electron chi connectivity index (χ3n) is 3.87. The molecule has 0 spiro atoms. The summed E-state index contributed by atoms with van der Waals surface area (Å²) >= 11 is 0. The number of amides is 1. The quantitative estimate of drug-likeness (QED) is 0.785. The van der Waals surface area contributed by atoms with Gasteiger partial charge in [-0.05, 0) is 54.8 Å². The lowest BCUT2D eigenvalue weighted by atomic mass is 10.0. The average Bonchev–Trinajstić information content (AvgIpc) is 2.62. The van der Waals surface area contributed by atoms with E-state index in [4.69, 9.17) is 9.47 Å². The lowest BCUT2D eigenvalue weighted by molar-refractivity contribution is 0.0939. The summed E-state index contributed by atoms with van der Waals surface area (Å²) in [5.74, 6) is 1.43. The van der Waals surface area contributed by atoms with Gasteiger partial charge in [0.15, 0.2) is 0 Å². The Morgan fingerprint density at radius 1 is 1.17 bits per heavy atom. The Kier molecular flexibility index (Phi) is 6.01. The van der Waals surface area contributed by atoms with Crippen molar-refractivity contribution >= 4 is 5.91 Å². The van der Waals surface area contributed by atoms with E-state index in [9.17, 15) is 4.79 Å². The fourth-order valence-electron chi connectivity index (χ4n) is 2.49. The Morgan fingerprint density at radius 2 is 1.88 bits per heavy atom. The summed E-state index contributed by atoms with van der Waals surface area (Å²) in [6.07, 6.45) is 2.44. The number of rotatable bonds is 7. The topological polar surface area (TPSA) is 47.6 Å². The molecule has 126 valence electrons. The number of benzene rings is 2. The third-order valence-corrected chi connectivity index (χ3v) is 3.87. The van der Waals surface area contributed by atoms with Gasteiger partial charge in [-0.3, -0.25) is 4.79 Å². The highest BCUT2D eigenvalue weighted by molar-refractivity contribution is 5.94. The molecule has 2 aromatic carbocycles. The molecule has 0 fully saturated rings. The van der Waals surface area contributed by atoms with Gasteiger partial charge in [-0.15, -0.1) is 6.58 Å². The number of ether oxygens (including phenoxy) is 2. The molecule has 0 aliphatic rings. The maximum Gasteiger partial charge on any atom is 0.251 e. The van der Waals surface area contributed by atoms with Crippen molar-refractivity contribution in [2.45, 2.75) is 19.4 Å². The predicted molar refractivity (Wildman–Crippen MR) is 95.8 cm³/mol. The molecule has 1 N–H and O–H groups in total. The minimum Gasteiger partial charge on any atom is -0.497 e. The highest BCUT2D eigenvalue weighted by Crippen LogP contribution is 2.22. The number of methoxy groups -OCH3 is 2. The van der Waals surface area contributed by atoms with Crippen LogP contribution in [0.25, 0.3) is 0 Å². The van der Waals surface area contributed by atoms with Gasteiger partial charge in [-0.25, -0.2) is 0 Å². The lowest BCUT2D eigenvalue weighted by Crippen LogP contribution is -2.26. The maximum atomic E-state index is 12.5. The molecule has 0 heterocycles. The fraction of sp³-hybridized carbons (Fsp3) is 0.250. The average molecular weight is 325 g/mol. The van der Waals surface area contributed by atoms with Crippen LogP contribution in [0.2, 0.25) is 0 Å². The first-order chi connectivity index (χ1) is 11.6. The molecule has 1 amide bonds. The predicted octanol–water partition coefficient (Wildman–Crippen LogP) is 3.92. The Bertz CT molecular complexity index is 707. The lowest BCUT2D eigenvalue weighted by Gasteiger charge is -2.16. The van der Waals surface area contributed by atoms with Crippen LogP contribution in [0.15, 0.2) is 55.1 Å². The molecule has 0 saturated carbocycles. The number of nitrogens with one attached hydrogen (secondary N) is 1. The van der Waals surface area contributed by atoms with E-state index in [1.54, 1.807) is 26.4 Å². The van der Waals surface area contributed by atoms with Crippen molar-refractivity contribution in [3.05, 3.63) is 71.8 Å². The van der Waals surface area contributed by atoms with Gasteiger partial charge in [-0.1, -0.05) is 18.2 Å². The molecule has 0 saturated heterocycles. The number of hydrogen-bond donors (Lipinski definition) is 1. The Hall–Kier alpha value is -2.75. The van der Waals surface area contributed by atoms with Crippen LogP contribution < -0.4 is 14.8 Å². The second kappa shape index (κ2) is 8.20. The summed E-state index contributed by atoms with van der Waals surface area (Å²) in [7, 11) is 3.25. The first kappa shape index (κ1) is 17.6. The Balaban J connectivity index is 2.13. The van der Waals surface area contributed by atoms with E-state index in [1.165, 1.54) is 0 Å². The van der Waals surface area contributed by atoms with Crippen LogP contribution in [0.4, 0.5) is 0 Å². The number of hydrogen-bond acceptors (Lipinski definition) is 3. The van der Waals surface area contributed by atoms with Gasteiger partial charge in [0, 0.05) is 5.56 Å². The van der Waals surface area contributed by atoms with Gasteiger partial charge in [0.05, 0.1) is 20.3 Å². The van der Waals surface area contributed by atoms with Gasteiger partial charge >= 0.3 is 0 Å². The normalized spacial score (nSPS) is 11.5. The van der Waals surface area contributed by atoms with Crippen LogP contribution in [-0.4, -0.2) is 20.1 Å². The second-order valence-electron chi connectivity index (χ2n) is 5.49. The van der Waals surface area contributed by atoms with E-state index in [2.05, 4.69) is 11.9 Å². The van der Waals surface area contributed by atoms with E-state index >= 15 is 0 Å². The van der Waals surface area contributed by atoms with Crippen molar-refractivity contribution in [1.29, 1.82) is 0 Å². The first-order valence-electron chi connectivity index (χ1n) is 7.81. The summed E-state index contributed by atoms with van der Waals surface area (Å²) in [5, 5.41) is 3.01. The van der Waals surface area contributed by atoms with Gasteiger partial charge in [-0.2, -0.15) is 0 Å². The summed E-state index contributed by atoms with van der Waals surface area (Å²) in [5.41, 5.74) is 2.56. The minimum absolute atomic E-state index is 0.103. The van der Waals surface area contributed by atoms with Crippen molar-refractivity contribution in [2.75, 3.05) is 14.2 Å². The van der Waals surface area contributed by atoms with E-state index in [0.717, 1.165) is 22.6 Å². The maximum absolute atomic E-state index is 12.5. The number of carbonyl (C=O) groups excluding carboxylic acids is 1. The van der Waals surface area contributed by atoms with Gasteiger partial charge < -0.3 is 14.8 Å². The third kappa shape index (κ3) is 4.16. The number of carbonyl (C=O) groups is 1. The molecule has 1 atom stereocenters. The molecule has 4 heteroatoms.